The van der Waals surface area contributed by atoms with Gasteiger partial charge in [-0.1, -0.05) is 12.1 Å². The molecule has 1 aromatic carbocycles. The molecule has 9 nitrogen and oxygen atoms in total. The normalized spacial score (nSPS) is 20.3. The molecule has 1 aromatic heterocycles. The van der Waals surface area contributed by atoms with Crippen LogP contribution in [0.15, 0.2) is 22.7 Å². The highest BCUT2D eigenvalue weighted by Gasteiger charge is 2.27. The van der Waals surface area contributed by atoms with E-state index in [1.54, 1.807) is 14.2 Å². The van der Waals surface area contributed by atoms with Crippen LogP contribution in [0.1, 0.15) is 38.5 Å². The molecule has 0 spiro atoms. The lowest BCUT2D eigenvalue weighted by atomic mass is 9.97. The van der Waals surface area contributed by atoms with Crippen molar-refractivity contribution in [2.45, 2.75) is 39.2 Å². The Morgan fingerprint density at radius 1 is 1.12 bits per heavy atom. The minimum atomic E-state index is 0.00312. The quantitative estimate of drug-likeness (QED) is 0.597. The fourth-order valence-corrected chi connectivity index (χ4v) is 4.78. The minimum absolute atomic E-state index is 0.00312. The van der Waals surface area contributed by atoms with E-state index in [4.69, 9.17) is 14.0 Å². The zero-order valence-corrected chi connectivity index (χ0v) is 20.6. The first-order valence-electron chi connectivity index (χ1n) is 12.3. The molecule has 0 saturated carbocycles. The lowest BCUT2D eigenvalue weighted by Gasteiger charge is -2.32. The molecule has 4 rings (SSSR count). The zero-order valence-electron chi connectivity index (χ0n) is 20.6. The summed E-state index contributed by atoms with van der Waals surface area (Å²) in [5.41, 5.74) is 0.798. The van der Waals surface area contributed by atoms with Gasteiger partial charge in [0.25, 0.3) is 0 Å². The molecule has 2 aromatic rings. The number of methoxy groups -OCH3 is 2. The highest BCUT2D eigenvalue weighted by atomic mass is 16.5. The summed E-state index contributed by atoms with van der Waals surface area (Å²) >= 11 is 0. The van der Waals surface area contributed by atoms with Crippen molar-refractivity contribution in [1.82, 2.24) is 25.3 Å². The van der Waals surface area contributed by atoms with Gasteiger partial charge >= 0.3 is 0 Å². The van der Waals surface area contributed by atoms with Crippen LogP contribution in [0.2, 0.25) is 0 Å². The Morgan fingerprint density at radius 2 is 1.91 bits per heavy atom. The van der Waals surface area contributed by atoms with E-state index in [1.165, 1.54) is 12.8 Å². The van der Waals surface area contributed by atoms with Crippen molar-refractivity contribution in [3.63, 3.8) is 0 Å². The van der Waals surface area contributed by atoms with Crippen LogP contribution < -0.4 is 14.8 Å². The Hall–Kier alpha value is -2.65. The van der Waals surface area contributed by atoms with Crippen LogP contribution in [0.4, 0.5) is 0 Å². The fourth-order valence-electron chi connectivity index (χ4n) is 4.78. The number of amides is 1. The van der Waals surface area contributed by atoms with Gasteiger partial charge in [0.2, 0.25) is 17.6 Å². The molecule has 1 atom stereocenters. The van der Waals surface area contributed by atoms with Crippen LogP contribution in [0.3, 0.4) is 0 Å². The van der Waals surface area contributed by atoms with Crippen LogP contribution in [0.25, 0.3) is 11.4 Å². The summed E-state index contributed by atoms with van der Waals surface area (Å²) in [6.07, 6.45) is 4.42. The molecule has 0 bridgehead atoms. The van der Waals surface area contributed by atoms with Crippen LogP contribution in [-0.4, -0.2) is 79.3 Å². The van der Waals surface area contributed by atoms with E-state index in [-0.39, 0.29) is 11.8 Å². The number of carbonyl (C=O) groups is 1. The summed E-state index contributed by atoms with van der Waals surface area (Å²) in [7, 11) is 3.20. The molecule has 0 unspecified atom stereocenters. The van der Waals surface area contributed by atoms with Crippen LogP contribution in [0.5, 0.6) is 11.5 Å². The van der Waals surface area contributed by atoms with E-state index >= 15 is 0 Å². The van der Waals surface area contributed by atoms with E-state index in [0.29, 0.717) is 36.3 Å². The number of carbonyl (C=O) groups excluding carboxylic acids is 1. The van der Waals surface area contributed by atoms with Crippen LogP contribution >= 0.6 is 0 Å². The molecular weight excluding hydrogens is 434 g/mol. The van der Waals surface area contributed by atoms with Gasteiger partial charge in [-0.15, -0.1) is 0 Å². The van der Waals surface area contributed by atoms with E-state index in [2.05, 4.69) is 32.2 Å². The van der Waals surface area contributed by atoms with E-state index in [1.807, 2.05) is 18.2 Å². The van der Waals surface area contributed by atoms with Gasteiger partial charge in [0, 0.05) is 25.2 Å². The number of nitrogens with one attached hydrogen (secondary N) is 1. The maximum Gasteiger partial charge on any atom is 0.241 e. The molecule has 9 heteroatoms. The van der Waals surface area contributed by atoms with Crippen molar-refractivity contribution in [2.75, 3.05) is 53.5 Å². The minimum Gasteiger partial charge on any atom is -0.493 e. The number of hydrogen-bond donors (Lipinski definition) is 1. The molecule has 2 aliphatic heterocycles. The largest absolute Gasteiger partial charge is 0.493 e. The van der Waals surface area contributed by atoms with Gasteiger partial charge in [-0.2, -0.15) is 4.98 Å². The van der Waals surface area contributed by atoms with Crippen molar-refractivity contribution in [2.24, 2.45) is 11.8 Å². The third-order valence-electron chi connectivity index (χ3n) is 6.95. The first-order chi connectivity index (χ1) is 16.6. The van der Waals surface area contributed by atoms with E-state index in [9.17, 15) is 4.79 Å². The number of rotatable bonds is 9. The number of aromatic nitrogens is 2. The number of piperidine rings is 2. The van der Waals surface area contributed by atoms with Crippen molar-refractivity contribution in [1.29, 1.82) is 0 Å². The molecule has 2 fully saturated rings. The molecule has 1 N–H and O–H groups in total. The molecule has 1 amide bonds. The van der Waals surface area contributed by atoms with Gasteiger partial charge in [0.05, 0.1) is 26.7 Å². The SMILES string of the molecule is COc1ccc(-c2noc(CN3CCC[C@@H](C(=O)NCCN4CCC(C)CC4)C3)n2)cc1OC. The Bertz CT molecular complexity index is 941. The molecule has 2 saturated heterocycles. The second-order valence-electron chi connectivity index (χ2n) is 9.47. The third kappa shape index (κ3) is 6.27. The second kappa shape index (κ2) is 11.7. The Kier molecular flexibility index (Phi) is 8.39. The average molecular weight is 472 g/mol. The summed E-state index contributed by atoms with van der Waals surface area (Å²) in [5.74, 6) is 3.31. The summed E-state index contributed by atoms with van der Waals surface area (Å²) in [6.45, 7) is 8.44. The number of hydrogen-bond acceptors (Lipinski definition) is 8. The van der Waals surface area contributed by atoms with Crippen molar-refractivity contribution in [3.8, 4) is 22.9 Å². The topological polar surface area (TPSA) is 93.0 Å². The molecule has 34 heavy (non-hydrogen) atoms. The van der Waals surface area contributed by atoms with Crippen molar-refractivity contribution < 1.29 is 18.8 Å². The first-order valence-corrected chi connectivity index (χ1v) is 12.3. The van der Waals surface area contributed by atoms with Crippen LogP contribution in [0, 0.1) is 11.8 Å². The Balaban J connectivity index is 1.26. The maximum atomic E-state index is 12.8. The first kappa shape index (κ1) is 24.5. The Morgan fingerprint density at radius 3 is 2.68 bits per heavy atom. The summed E-state index contributed by atoms with van der Waals surface area (Å²) in [6, 6.07) is 5.53. The molecule has 2 aliphatic rings. The summed E-state index contributed by atoms with van der Waals surface area (Å²) in [4.78, 5) is 22.0. The predicted molar refractivity (Wildman–Crippen MR) is 129 cm³/mol. The number of ether oxygens (including phenoxy) is 2. The number of benzene rings is 1. The highest BCUT2D eigenvalue weighted by Crippen LogP contribution is 2.31. The molecule has 0 aliphatic carbocycles. The monoisotopic (exact) mass is 471 g/mol. The molecule has 186 valence electrons. The summed E-state index contributed by atoms with van der Waals surface area (Å²) < 4.78 is 16.2. The van der Waals surface area contributed by atoms with Crippen molar-refractivity contribution >= 4 is 5.91 Å². The summed E-state index contributed by atoms with van der Waals surface area (Å²) in [5, 5.41) is 7.29. The smallest absolute Gasteiger partial charge is 0.241 e. The number of likely N-dealkylation sites (tertiary alicyclic amines) is 2. The number of nitrogens with zero attached hydrogens (tertiary/aromatic N) is 4. The van der Waals surface area contributed by atoms with E-state index in [0.717, 1.165) is 57.0 Å². The zero-order chi connectivity index (χ0) is 23.9. The van der Waals surface area contributed by atoms with Gasteiger partial charge < -0.3 is 24.2 Å². The maximum absolute atomic E-state index is 12.8. The molecule has 3 heterocycles. The highest BCUT2D eigenvalue weighted by molar-refractivity contribution is 5.78. The lowest BCUT2D eigenvalue weighted by Crippen LogP contribution is -2.45. The van der Waals surface area contributed by atoms with Gasteiger partial charge in [0.15, 0.2) is 11.5 Å². The predicted octanol–water partition coefficient (Wildman–Crippen LogP) is 2.81. The van der Waals surface area contributed by atoms with Gasteiger partial charge in [0.1, 0.15) is 0 Å². The average Bonchev–Trinajstić information content (AvgIpc) is 3.33. The van der Waals surface area contributed by atoms with Gasteiger partial charge in [-0.25, -0.2) is 0 Å². The fraction of sp³-hybridized carbons (Fsp3) is 0.640. The second-order valence-corrected chi connectivity index (χ2v) is 9.47. The van der Waals surface area contributed by atoms with Crippen LogP contribution in [-0.2, 0) is 11.3 Å². The van der Waals surface area contributed by atoms with E-state index < -0.39 is 0 Å². The standard InChI is InChI=1S/C25H37N5O4/c1-18-8-12-29(13-9-18)14-10-26-25(31)20-5-4-11-30(16-20)17-23-27-24(28-34-23)19-6-7-21(32-2)22(15-19)33-3/h6-7,15,18,20H,4-5,8-14,16-17H2,1-3H3,(H,26,31)/t20-/m1/s1. The molecular formula is C25H37N5O4. The lowest BCUT2D eigenvalue weighted by molar-refractivity contribution is -0.126. The molecule has 0 radical (unpaired) electrons. The Labute approximate surface area is 201 Å². The third-order valence-corrected chi connectivity index (χ3v) is 6.95. The van der Waals surface area contributed by atoms with Crippen molar-refractivity contribution in [3.05, 3.63) is 24.1 Å². The van der Waals surface area contributed by atoms with Gasteiger partial charge in [-0.05, 0) is 69.4 Å². The van der Waals surface area contributed by atoms with Gasteiger partial charge in [-0.3, -0.25) is 9.69 Å².